The topological polar surface area (TPSA) is 210 Å². The monoisotopic (exact) mass is 891 g/mol. The molecular formula is C47H42ClN3O13. The first-order chi connectivity index (χ1) is 31.0. The number of piperidine rings is 1. The maximum atomic E-state index is 13.4. The van der Waals surface area contributed by atoms with Crippen molar-refractivity contribution >= 4 is 52.0 Å². The molecule has 16 nitrogen and oxygen atoms in total. The van der Waals surface area contributed by atoms with Gasteiger partial charge in [0.1, 0.15) is 47.8 Å². The zero-order chi connectivity index (χ0) is 45.3. The van der Waals surface area contributed by atoms with Crippen LogP contribution in [0.4, 0.5) is 0 Å². The van der Waals surface area contributed by atoms with Gasteiger partial charge in [0.2, 0.25) is 11.8 Å². The van der Waals surface area contributed by atoms with Crippen molar-refractivity contribution < 1.29 is 56.8 Å². The summed E-state index contributed by atoms with van der Waals surface area (Å²) >= 11 is 6.64. The van der Waals surface area contributed by atoms with Gasteiger partial charge in [0.05, 0.1) is 79.4 Å². The predicted octanol–water partition coefficient (Wildman–Crippen LogP) is 6.16. The number of nitrogens with one attached hydrogen (secondary N) is 1. The molecule has 64 heavy (non-hydrogen) atoms. The molecular weight excluding hydrogens is 850 g/mol. The Kier molecular flexibility index (Phi) is 14.5. The third kappa shape index (κ3) is 10.1. The number of fused-ring (bicyclic) bond motifs is 2. The number of Topliss-reactive ketones (excluding diaryl/α,β-unsaturated/α-hetero) is 1. The number of carbonyl (C=O) groups is 5. The number of nitriles is 1. The van der Waals surface area contributed by atoms with Gasteiger partial charge in [-0.25, -0.2) is 0 Å². The fraction of sp³-hybridized carbons (Fsp3) is 0.298. The molecule has 2 aliphatic rings. The van der Waals surface area contributed by atoms with E-state index in [9.17, 15) is 34.0 Å². The summed E-state index contributed by atoms with van der Waals surface area (Å²) in [7, 11) is 0. The van der Waals surface area contributed by atoms with Crippen LogP contribution in [-0.2, 0) is 23.8 Å². The van der Waals surface area contributed by atoms with Crippen LogP contribution in [0.25, 0.3) is 33.4 Å². The molecule has 5 aromatic rings. The van der Waals surface area contributed by atoms with Gasteiger partial charge in [0.25, 0.3) is 11.8 Å². The lowest BCUT2D eigenvalue weighted by molar-refractivity contribution is -0.136. The van der Waals surface area contributed by atoms with Gasteiger partial charge in [-0.2, -0.15) is 5.26 Å². The van der Waals surface area contributed by atoms with Gasteiger partial charge >= 0.3 is 0 Å². The minimum atomic E-state index is -1.06. The first kappa shape index (κ1) is 45.1. The second kappa shape index (κ2) is 20.5. The Morgan fingerprint density at radius 2 is 1.52 bits per heavy atom. The minimum absolute atomic E-state index is 0.0297. The number of hydrogen-bond acceptors (Lipinski definition) is 14. The zero-order valence-electron chi connectivity index (χ0n) is 34.9. The van der Waals surface area contributed by atoms with Crippen molar-refractivity contribution in [1.29, 1.82) is 5.26 Å². The number of rotatable bonds is 20. The number of ketones is 1. The van der Waals surface area contributed by atoms with Gasteiger partial charge in [-0.15, -0.1) is 0 Å². The molecule has 4 aromatic carbocycles. The summed E-state index contributed by atoms with van der Waals surface area (Å²) in [5.74, 6) is -1.25. The van der Waals surface area contributed by atoms with E-state index < -0.39 is 29.7 Å². The van der Waals surface area contributed by atoms with Crippen LogP contribution < -0.4 is 25.0 Å². The minimum Gasteiger partial charge on any atom is -0.493 e. The van der Waals surface area contributed by atoms with Crippen LogP contribution in [0.1, 0.15) is 63.3 Å². The van der Waals surface area contributed by atoms with E-state index in [-0.39, 0.29) is 90.7 Å². The molecule has 1 aromatic heterocycles. The highest BCUT2D eigenvalue weighted by atomic mass is 35.5. The molecule has 0 bridgehead atoms. The summed E-state index contributed by atoms with van der Waals surface area (Å²) in [6, 6.07) is 20.1. The molecule has 0 aliphatic carbocycles. The number of nitrogens with zero attached hydrogens (tertiary/aromatic N) is 2. The SMILES string of the molecule is CCOc1cc2oc(-c3ccc(OCCOCCOCCOCCOc4cccc5c4C(=O)N(C4CCC(=O)NC4=O)C5=O)cc3Cl)cc(=O)c2cc1-c1cc(C#N)cc(C(C)=O)c1. The number of imide groups is 2. The van der Waals surface area contributed by atoms with Gasteiger partial charge in [0.15, 0.2) is 11.2 Å². The third-order valence-corrected chi connectivity index (χ3v) is 10.6. The van der Waals surface area contributed by atoms with E-state index in [1.807, 2.05) is 6.92 Å². The Hall–Kier alpha value is -6.90. The van der Waals surface area contributed by atoms with Crippen molar-refractivity contribution in [2.75, 3.05) is 59.5 Å². The van der Waals surface area contributed by atoms with Gasteiger partial charge in [-0.05, 0) is 80.4 Å². The first-order valence-corrected chi connectivity index (χ1v) is 20.8. The molecule has 17 heteroatoms. The largest absolute Gasteiger partial charge is 0.493 e. The van der Waals surface area contributed by atoms with E-state index in [0.717, 1.165) is 4.90 Å². The molecule has 330 valence electrons. The molecule has 3 heterocycles. The molecule has 0 spiro atoms. The maximum absolute atomic E-state index is 13.4. The molecule has 0 saturated carbocycles. The summed E-state index contributed by atoms with van der Waals surface area (Å²) in [4.78, 5) is 76.6. The van der Waals surface area contributed by atoms with Crippen molar-refractivity contribution in [1.82, 2.24) is 10.2 Å². The molecule has 1 fully saturated rings. The Balaban J connectivity index is 0.820. The Bertz CT molecular complexity index is 2740. The van der Waals surface area contributed by atoms with Gasteiger partial charge in [0, 0.05) is 35.2 Å². The zero-order valence-corrected chi connectivity index (χ0v) is 35.6. The lowest BCUT2D eigenvalue weighted by Crippen LogP contribution is -2.54. The van der Waals surface area contributed by atoms with Crippen LogP contribution in [0.5, 0.6) is 17.2 Å². The van der Waals surface area contributed by atoms with E-state index in [1.54, 1.807) is 54.6 Å². The highest BCUT2D eigenvalue weighted by Crippen LogP contribution is 2.38. The second-order valence-corrected chi connectivity index (χ2v) is 14.9. The van der Waals surface area contributed by atoms with E-state index in [1.165, 1.54) is 25.1 Å². The van der Waals surface area contributed by atoms with Gasteiger partial charge in [-0.1, -0.05) is 17.7 Å². The Morgan fingerprint density at radius 3 is 2.19 bits per heavy atom. The van der Waals surface area contributed by atoms with Crippen molar-refractivity contribution in [3.8, 4) is 45.8 Å². The summed E-state index contributed by atoms with van der Waals surface area (Å²) in [6.07, 6.45) is 0.0910. The normalized spacial score (nSPS) is 14.7. The van der Waals surface area contributed by atoms with Crippen molar-refractivity contribution in [2.45, 2.75) is 32.7 Å². The van der Waals surface area contributed by atoms with E-state index >= 15 is 0 Å². The Morgan fingerprint density at radius 1 is 0.797 bits per heavy atom. The molecule has 7 rings (SSSR count). The van der Waals surface area contributed by atoms with Crippen LogP contribution in [-0.4, -0.2) is 99.8 Å². The van der Waals surface area contributed by atoms with E-state index in [0.29, 0.717) is 70.8 Å². The smallest absolute Gasteiger partial charge is 0.266 e. The summed E-state index contributed by atoms with van der Waals surface area (Å²) in [5, 5.41) is 12.3. The van der Waals surface area contributed by atoms with Gasteiger partial charge in [-0.3, -0.25) is 39.0 Å². The third-order valence-electron chi connectivity index (χ3n) is 10.3. The fourth-order valence-electron chi connectivity index (χ4n) is 7.23. The van der Waals surface area contributed by atoms with Crippen LogP contribution in [0.15, 0.2) is 82.0 Å². The number of hydrogen-bond donors (Lipinski definition) is 1. The lowest BCUT2D eigenvalue weighted by Gasteiger charge is -2.27. The van der Waals surface area contributed by atoms with E-state index in [4.69, 9.17) is 44.4 Å². The van der Waals surface area contributed by atoms with Crippen LogP contribution in [0.2, 0.25) is 5.02 Å². The highest BCUT2D eigenvalue weighted by Gasteiger charge is 2.46. The summed E-state index contributed by atoms with van der Waals surface area (Å²) < 4.78 is 40.4. The van der Waals surface area contributed by atoms with Crippen molar-refractivity contribution in [2.24, 2.45) is 0 Å². The number of ether oxygens (including phenoxy) is 6. The van der Waals surface area contributed by atoms with E-state index in [2.05, 4.69) is 11.4 Å². The van der Waals surface area contributed by atoms with Crippen molar-refractivity contribution in [3.63, 3.8) is 0 Å². The van der Waals surface area contributed by atoms with Gasteiger partial charge < -0.3 is 32.8 Å². The number of benzene rings is 4. The second-order valence-electron chi connectivity index (χ2n) is 14.5. The Labute approximate surface area is 371 Å². The summed E-state index contributed by atoms with van der Waals surface area (Å²) in [5.41, 5.74) is 2.37. The predicted molar refractivity (Wildman–Crippen MR) is 231 cm³/mol. The average Bonchev–Trinajstić information content (AvgIpc) is 3.53. The standard InChI is InChI=1S/C47H42ClN3O13/c1-3-61-40-25-42-35(23-34(40)30-20-28(26-49)19-29(21-30)27(2)52)38(53)24-41(64-42)32-8-7-31(22-36(32)48)62-17-15-59-13-11-58-12-14-60-16-18-63-39-6-4-5-33-44(39)47(57)51(46(33)56)37-9-10-43(54)50-45(37)55/h4-8,19-25,37H,3,9-18H2,1-2H3,(H,50,54,55). The molecule has 4 amide bonds. The summed E-state index contributed by atoms with van der Waals surface area (Å²) in [6.45, 7) is 5.54. The van der Waals surface area contributed by atoms with Crippen LogP contribution in [0.3, 0.4) is 0 Å². The molecule has 2 aliphatic heterocycles. The van der Waals surface area contributed by atoms with Crippen molar-refractivity contribution in [3.05, 3.63) is 110 Å². The fourth-order valence-corrected chi connectivity index (χ4v) is 7.49. The highest BCUT2D eigenvalue weighted by molar-refractivity contribution is 6.33. The maximum Gasteiger partial charge on any atom is 0.266 e. The number of halogens is 1. The quantitative estimate of drug-likeness (QED) is 0.0527. The molecule has 1 unspecified atom stereocenters. The average molecular weight is 892 g/mol. The number of carbonyl (C=O) groups excluding carboxylic acids is 5. The molecule has 1 saturated heterocycles. The van der Waals surface area contributed by atoms with Crippen LogP contribution >= 0.6 is 11.6 Å². The van der Waals surface area contributed by atoms with Crippen LogP contribution in [0, 0.1) is 11.3 Å². The molecule has 0 radical (unpaired) electrons. The molecule has 1 atom stereocenters. The lowest BCUT2D eigenvalue weighted by atomic mass is 9.96. The molecule has 1 N–H and O–H groups in total. The number of amides is 4. The first-order valence-electron chi connectivity index (χ1n) is 20.4.